The van der Waals surface area contributed by atoms with E-state index in [4.69, 9.17) is 17.3 Å². The number of rotatable bonds is 5. The first kappa shape index (κ1) is 22.4. The number of hydrogen-bond donors (Lipinski definition) is 1. The molecule has 0 atom stereocenters. The Labute approximate surface area is 184 Å². The van der Waals surface area contributed by atoms with Crippen LogP contribution < -0.4 is 15.4 Å². The summed E-state index contributed by atoms with van der Waals surface area (Å²) in [5.74, 6) is 0.462. The van der Waals surface area contributed by atoms with E-state index in [1.165, 1.54) is 12.3 Å². The maximum atomic E-state index is 12.1. The fourth-order valence-corrected chi connectivity index (χ4v) is 2.91. The molecule has 1 aromatic carbocycles. The highest BCUT2D eigenvalue weighted by molar-refractivity contribution is 14.0. The number of hydrogen-bond acceptors (Lipinski definition) is 4. The third-order valence-corrected chi connectivity index (χ3v) is 4.47. The molecule has 10 heteroatoms. The molecule has 0 unspecified atom stereocenters. The van der Waals surface area contributed by atoms with Gasteiger partial charge < -0.3 is 20.3 Å². The molecule has 0 spiro atoms. The molecule has 1 saturated heterocycles. The molecule has 1 aliphatic heterocycles. The molecular weight excluding hydrogens is 503 g/mol. The van der Waals surface area contributed by atoms with E-state index in [9.17, 15) is 8.78 Å². The zero-order chi connectivity index (χ0) is 19.2. The summed E-state index contributed by atoms with van der Waals surface area (Å²) in [6, 6.07) is 10.8. The quantitative estimate of drug-likeness (QED) is 0.369. The number of guanidine groups is 1. The monoisotopic (exact) mass is 523 g/mol. The second kappa shape index (κ2) is 10.6. The smallest absolute Gasteiger partial charge is 0.387 e. The van der Waals surface area contributed by atoms with Crippen molar-refractivity contribution in [3.8, 4) is 5.75 Å². The van der Waals surface area contributed by atoms with Gasteiger partial charge in [0.2, 0.25) is 0 Å². The van der Waals surface area contributed by atoms with Crippen LogP contribution in [0.15, 0.2) is 47.6 Å². The van der Waals surface area contributed by atoms with Crippen LogP contribution in [0.5, 0.6) is 5.75 Å². The number of pyridine rings is 1. The van der Waals surface area contributed by atoms with Gasteiger partial charge in [-0.2, -0.15) is 8.78 Å². The van der Waals surface area contributed by atoms with Crippen LogP contribution in [0.1, 0.15) is 5.69 Å². The van der Waals surface area contributed by atoms with E-state index in [1.807, 2.05) is 29.2 Å². The largest absolute Gasteiger partial charge is 0.433 e. The molecule has 3 rings (SSSR count). The van der Waals surface area contributed by atoms with Crippen molar-refractivity contribution >= 4 is 47.2 Å². The first-order chi connectivity index (χ1) is 13.0. The number of ether oxygens (including phenoxy) is 1. The maximum absolute atomic E-state index is 12.1. The average Bonchev–Trinajstić information content (AvgIpc) is 2.67. The lowest BCUT2D eigenvalue weighted by Gasteiger charge is -2.36. The van der Waals surface area contributed by atoms with Crippen molar-refractivity contribution in [1.29, 1.82) is 0 Å². The van der Waals surface area contributed by atoms with Gasteiger partial charge in [-0.25, -0.2) is 4.99 Å². The fraction of sp³-hybridized carbons (Fsp3) is 0.333. The molecule has 0 aliphatic carbocycles. The molecule has 28 heavy (non-hydrogen) atoms. The first-order valence-electron chi connectivity index (χ1n) is 8.46. The van der Waals surface area contributed by atoms with Crippen molar-refractivity contribution in [3.05, 3.63) is 53.3 Å². The summed E-state index contributed by atoms with van der Waals surface area (Å²) in [7, 11) is 0. The average molecular weight is 524 g/mol. The van der Waals surface area contributed by atoms with Crippen LogP contribution >= 0.6 is 35.6 Å². The van der Waals surface area contributed by atoms with E-state index in [-0.39, 0.29) is 36.3 Å². The number of benzene rings is 1. The molecular formula is C18H21ClF2IN5O. The number of halogens is 4. The van der Waals surface area contributed by atoms with Crippen LogP contribution in [-0.2, 0) is 6.54 Å². The van der Waals surface area contributed by atoms with Gasteiger partial charge in [0.05, 0.1) is 18.4 Å². The zero-order valence-electron chi connectivity index (χ0n) is 15.0. The minimum atomic E-state index is -2.86. The molecule has 0 radical (unpaired) electrons. The normalized spacial score (nSPS) is 14.8. The summed E-state index contributed by atoms with van der Waals surface area (Å²) in [6.45, 7) is 0.584. The zero-order valence-corrected chi connectivity index (χ0v) is 18.1. The summed E-state index contributed by atoms with van der Waals surface area (Å²) in [5, 5.41) is 0.719. The van der Waals surface area contributed by atoms with Gasteiger partial charge in [-0.05, 0) is 36.4 Å². The molecule has 2 aromatic rings. The molecule has 6 nitrogen and oxygen atoms in total. The molecule has 1 fully saturated rings. The SMILES string of the molecule is I.NC(=NCc1ccc(OC(F)F)cn1)N1CCN(c2ccc(Cl)cc2)CC1. The molecule has 2 N–H and O–H groups in total. The molecule has 0 amide bonds. The van der Waals surface area contributed by atoms with Crippen molar-refractivity contribution in [2.75, 3.05) is 31.1 Å². The summed E-state index contributed by atoms with van der Waals surface area (Å²) in [6.07, 6.45) is 1.25. The van der Waals surface area contributed by atoms with Gasteiger partial charge in [0.15, 0.2) is 5.96 Å². The van der Waals surface area contributed by atoms with Crippen LogP contribution in [0.4, 0.5) is 14.5 Å². The first-order valence-corrected chi connectivity index (χ1v) is 8.84. The lowest BCUT2D eigenvalue weighted by atomic mass is 10.2. The van der Waals surface area contributed by atoms with Gasteiger partial charge in [0, 0.05) is 36.9 Å². The van der Waals surface area contributed by atoms with E-state index in [0.717, 1.165) is 36.9 Å². The Morgan fingerprint density at radius 1 is 1.14 bits per heavy atom. The predicted octanol–water partition coefficient (Wildman–Crippen LogP) is 3.59. The Bertz CT molecular complexity index is 769. The topological polar surface area (TPSA) is 67.0 Å². The number of aliphatic imine (C=N–C) groups is 1. The van der Waals surface area contributed by atoms with Crippen molar-refractivity contribution in [2.24, 2.45) is 10.7 Å². The highest BCUT2D eigenvalue weighted by atomic mass is 127. The van der Waals surface area contributed by atoms with Crippen LogP contribution in [0.3, 0.4) is 0 Å². The van der Waals surface area contributed by atoms with Gasteiger partial charge in [-0.3, -0.25) is 4.98 Å². The van der Waals surface area contributed by atoms with E-state index < -0.39 is 6.61 Å². The Morgan fingerprint density at radius 3 is 2.39 bits per heavy atom. The van der Waals surface area contributed by atoms with Crippen LogP contribution in [-0.4, -0.2) is 48.6 Å². The number of nitrogens with two attached hydrogens (primary N) is 1. The Balaban J connectivity index is 0.00000280. The van der Waals surface area contributed by atoms with E-state index in [2.05, 4.69) is 19.6 Å². The predicted molar refractivity (Wildman–Crippen MR) is 117 cm³/mol. The van der Waals surface area contributed by atoms with Crippen LogP contribution in [0.2, 0.25) is 5.02 Å². The second-order valence-electron chi connectivity index (χ2n) is 5.99. The number of nitrogens with zero attached hydrogens (tertiary/aromatic N) is 4. The van der Waals surface area contributed by atoms with Crippen molar-refractivity contribution in [1.82, 2.24) is 9.88 Å². The number of piperazine rings is 1. The molecule has 1 aliphatic rings. The van der Waals surface area contributed by atoms with Crippen LogP contribution in [0, 0.1) is 0 Å². The van der Waals surface area contributed by atoms with Gasteiger partial charge >= 0.3 is 6.61 Å². The third kappa shape index (κ3) is 6.33. The Kier molecular flexibility index (Phi) is 8.49. The lowest BCUT2D eigenvalue weighted by Crippen LogP contribution is -2.51. The van der Waals surface area contributed by atoms with Gasteiger partial charge in [0.25, 0.3) is 0 Å². The summed E-state index contributed by atoms with van der Waals surface area (Å²) < 4.78 is 28.5. The van der Waals surface area contributed by atoms with Gasteiger partial charge in [-0.15, -0.1) is 24.0 Å². The highest BCUT2D eigenvalue weighted by Gasteiger charge is 2.18. The Morgan fingerprint density at radius 2 is 1.82 bits per heavy atom. The highest BCUT2D eigenvalue weighted by Crippen LogP contribution is 2.19. The van der Waals surface area contributed by atoms with Crippen molar-refractivity contribution in [3.63, 3.8) is 0 Å². The summed E-state index contributed by atoms with van der Waals surface area (Å²) in [4.78, 5) is 12.7. The maximum Gasteiger partial charge on any atom is 0.387 e. The summed E-state index contributed by atoms with van der Waals surface area (Å²) in [5.41, 5.74) is 7.84. The van der Waals surface area contributed by atoms with Crippen LogP contribution in [0.25, 0.3) is 0 Å². The number of aromatic nitrogens is 1. The molecule has 2 heterocycles. The second-order valence-corrected chi connectivity index (χ2v) is 6.43. The molecule has 0 bridgehead atoms. The number of alkyl halides is 2. The van der Waals surface area contributed by atoms with E-state index in [1.54, 1.807) is 6.07 Å². The lowest BCUT2D eigenvalue weighted by molar-refractivity contribution is -0.0500. The minimum absolute atomic E-state index is 0. The molecule has 152 valence electrons. The fourth-order valence-electron chi connectivity index (χ4n) is 2.78. The van der Waals surface area contributed by atoms with E-state index in [0.29, 0.717) is 11.7 Å². The van der Waals surface area contributed by atoms with Crippen molar-refractivity contribution in [2.45, 2.75) is 13.2 Å². The minimum Gasteiger partial charge on any atom is -0.433 e. The summed E-state index contributed by atoms with van der Waals surface area (Å²) >= 11 is 5.93. The standard InChI is InChI=1S/C18H20ClF2N5O.HI/c19-13-1-4-15(5-2-13)25-7-9-26(10-8-25)18(22)24-11-14-3-6-16(12-23-14)27-17(20)21;/h1-6,12,17H,7-11H2,(H2,22,24);1H. The third-order valence-electron chi connectivity index (χ3n) is 4.22. The van der Waals surface area contributed by atoms with Crippen molar-refractivity contribution < 1.29 is 13.5 Å². The van der Waals surface area contributed by atoms with Gasteiger partial charge in [0.1, 0.15) is 5.75 Å². The number of anilines is 1. The van der Waals surface area contributed by atoms with Gasteiger partial charge in [-0.1, -0.05) is 11.6 Å². The molecule has 1 aromatic heterocycles. The van der Waals surface area contributed by atoms with E-state index >= 15 is 0 Å². The Hall–Kier alpha value is -1.88. The molecule has 0 saturated carbocycles.